The molecule has 0 spiro atoms. The molecule has 1 aliphatic heterocycles. The molecule has 1 fully saturated rings. The molecule has 1 amide bonds. The zero-order valence-corrected chi connectivity index (χ0v) is 13.0. The number of anilines is 1. The largest absolute Gasteiger partial charge is 0.324 e. The Kier molecular flexibility index (Phi) is 4.11. The molecule has 0 radical (unpaired) electrons. The highest BCUT2D eigenvalue weighted by Crippen LogP contribution is 2.42. The van der Waals surface area contributed by atoms with Crippen LogP contribution in [0.3, 0.4) is 0 Å². The van der Waals surface area contributed by atoms with Gasteiger partial charge in [-0.1, -0.05) is 32.1 Å². The van der Waals surface area contributed by atoms with Gasteiger partial charge < -0.3 is 5.32 Å². The second-order valence-electron chi connectivity index (χ2n) is 5.98. The number of carbonyl (C=O) groups is 1. The average molecular weight is 340 g/mol. The van der Waals surface area contributed by atoms with E-state index in [0.717, 1.165) is 30.0 Å². The van der Waals surface area contributed by atoms with Crippen molar-refractivity contribution >= 4 is 27.5 Å². The predicted molar refractivity (Wildman–Crippen MR) is 81.3 cm³/mol. The van der Waals surface area contributed by atoms with Gasteiger partial charge in [0.05, 0.1) is 11.6 Å². The first-order chi connectivity index (χ1) is 9.65. The lowest BCUT2D eigenvalue weighted by atomic mass is 9.83. The molecule has 1 N–H and O–H groups in total. The van der Waals surface area contributed by atoms with Gasteiger partial charge in [0.25, 0.3) is 0 Å². The van der Waals surface area contributed by atoms with E-state index in [2.05, 4.69) is 21.2 Å². The lowest BCUT2D eigenvalue weighted by molar-refractivity contribution is -0.117. The first kappa shape index (κ1) is 14.1. The van der Waals surface area contributed by atoms with Crippen molar-refractivity contribution in [2.45, 2.75) is 50.9 Å². The standard InChI is InChI=1S/C16H19BrFNO/c17-14-9-11(18)8-13-12(16(20)19-15(13)14)7-6-10-4-2-1-3-5-10/h8-10,12H,1-7H2,(H,19,20). The number of rotatable bonds is 3. The van der Waals surface area contributed by atoms with Crippen LogP contribution in [-0.4, -0.2) is 5.91 Å². The maximum absolute atomic E-state index is 13.5. The van der Waals surface area contributed by atoms with E-state index >= 15 is 0 Å². The van der Waals surface area contributed by atoms with Gasteiger partial charge in [-0.2, -0.15) is 0 Å². The minimum Gasteiger partial charge on any atom is -0.324 e. The summed E-state index contributed by atoms with van der Waals surface area (Å²) in [6.45, 7) is 0. The topological polar surface area (TPSA) is 29.1 Å². The average Bonchev–Trinajstić information content (AvgIpc) is 2.74. The molecule has 1 aliphatic carbocycles. The van der Waals surface area contributed by atoms with Crippen LogP contribution in [0.1, 0.15) is 56.4 Å². The molecule has 2 aliphatic rings. The van der Waals surface area contributed by atoms with Crippen LogP contribution >= 0.6 is 15.9 Å². The van der Waals surface area contributed by atoms with Gasteiger partial charge in [-0.05, 0) is 52.4 Å². The van der Waals surface area contributed by atoms with Crippen molar-refractivity contribution in [3.63, 3.8) is 0 Å². The van der Waals surface area contributed by atoms with Crippen LogP contribution in [0.2, 0.25) is 0 Å². The first-order valence-corrected chi connectivity index (χ1v) is 8.24. The zero-order valence-electron chi connectivity index (χ0n) is 11.4. The molecule has 108 valence electrons. The van der Waals surface area contributed by atoms with Crippen molar-refractivity contribution < 1.29 is 9.18 Å². The minimum absolute atomic E-state index is 0.0158. The molecule has 1 atom stereocenters. The second kappa shape index (κ2) is 5.84. The van der Waals surface area contributed by atoms with Crippen LogP contribution in [-0.2, 0) is 4.79 Å². The van der Waals surface area contributed by atoms with Crippen molar-refractivity contribution in [1.29, 1.82) is 0 Å². The molecule has 1 aromatic carbocycles. The molecule has 2 nitrogen and oxygen atoms in total. The molecule has 20 heavy (non-hydrogen) atoms. The van der Waals surface area contributed by atoms with Gasteiger partial charge in [0.1, 0.15) is 5.82 Å². The lowest BCUT2D eigenvalue weighted by Crippen LogP contribution is -2.14. The van der Waals surface area contributed by atoms with Crippen LogP contribution in [0.25, 0.3) is 0 Å². The summed E-state index contributed by atoms with van der Waals surface area (Å²) in [5.74, 6) is 0.299. The number of hydrogen-bond acceptors (Lipinski definition) is 1. The summed E-state index contributed by atoms with van der Waals surface area (Å²) in [5, 5.41) is 2.88. The summed E-state index contributed by atoms with van der Waals surface area (Å²) in [6, 6.07) is 2.91. The van der Waals surface area contributed by atoms with E-state index in [1.165, 1.54) is 44.2 Å². The highest BCUT2D eigenvalue weighted by molar-refractivity contribution is 9.10. The van der Waals surface area contributed by atoms with Crippen LogP contribution < -0.4 is 5.32 Å². The molecule has 1 unspecified atom stereocenters. The normalized spacial score (nSPS) is 22.7. The highest BCUT2D eigenvalue weighted by Gasteiger charge is 2.32. The maximum atomic E-state index is 13.5. The van der Waals surface area contributed by atoms with Gasteiger partial charge >= 0.3 is 0 Å². The van der Waals surface area contributed by atoms with Crippen LogP contribution in [0, 0.1) is 11.7 Å². The van der Waals surface area contributed by atoms with Gasteiger partial charge in [-0.3, -0.25) is 4.79 Å². The smallest absolute Gasteiger partial charge is 0.232 e. The Labute approximate surface area is 127 Å². The van der Waals surface area contributed by atoms with E-state index in [-0.39, 0.29) is 17.6 Å². The summed E-state index contributed by atoms with van der Waals surface area (Å²) in [7, 11) is 0. The Morgan fingerprint density at radius 3 is 2.70 bits per heavy atom. The molecule has 0 saturated heterocycles. The zero-order chi connectivity index (χ0) is 14.1. The number of amides is 1. The first-order valence-electron chi connectivity index (χ1n) is 7.45. The summed E-state index contributed by atoms with van der Waals surface area (Å²) in [4.78, 5) is 12.1. The van der Waals surface area contributed by atoms with Gasteiger partial charge in [0.15, 0.2) is 0 Å². The number of halogens is 2. The Hall–Kier alpha value is -0.900. The third-order valence-electron chi connectivity index (χ3n) is 4.61. The molecule has 3 rings (SSSR count). The molecule has 0 aromatic heterocycles. The maximum Gasteiger partial charge on any atom is 0.232 e. The van der Waals surface area contributed by atoms with E-state index in [9.17, 15) is 9.18 Å². The van der Waals surface area contributed by atoms with E-state index in [1.807, 2.05) is 0 Å². The molecule has 1 aromatic rings. The van der Waals surface area contributed by atoms with Crippen LogP contribution in [0.15, 0.2) is 16.6 Å². The quantitative estimate of drug-likeness (QED) is 0.826. The van der Waals surface area contributed by atoms with E-state index in [0.29, 0.717) is 4.47 Å². The lowest BCUT2D eigenvalue weighted by Gasteiger charge is -2.22. The molecule has 4 heteroatoms. The fourth-order valence-corrected chi connectivity index (χ4v) is 4.06. The van der Waals surface area contributed by atoms with E-state index in [1.54, 1.807) is 0 Å². The van der Waals surface area contributed by atoms with Crippen molar-refractivity contribution in [1.82, 2.24) is 0 Å². The summed E-state index contributed by atoms with van der Waals surface area (Å²) < 4.78 is 14.2. The number of carbonyl (C=O) groups excluding carboxylic acids is 1. The fourth-order valence-electron chi connectivity index (χ4n) is 3.52. The van der Waals surface area contributed by atoms with E-state index < -0.39 is 0 Å². The summed E-state index contributed by atoms with van der Waals surface area (Å²) >= 11 is 3.33. The molecular weight excluding hydrogens is 321 g/mol. The molecular formula is C16H19BrFNO. The van der Waals surface area contributed by atoms with E-state index in [4.69, 9.17) is 0 Å². The SMILES string of the molecule is O=C1Nc2c(Br)cc(F)cc2C1CCC1CCCCC1. The number of nitrogens with one attached hydrogen (secondary N) is 1. The highest BCUT2D eigenvalue weighted by atomic mass is 79.9. The summed E-state index contributed by atoms with van der Waals surface area (Å²) in [6.07, 6.45) is 8.46. The van der Waals surface area contributed by atoms with Gasteiger partial charge in [-0.15, -0.1) is 0 Å². The third kappa shape index (κ3) is 2.76. The summed E-state index contributed by atoms with van der Waals surface area (Å²) in [5.41, 5.74) is 1.57. The van der Waals surface area contributed by atoms with Gasteiger partial charge in [-0.25, -0.2) is 4.39 Å². The number of benzene rings is 1. The van der Waals surface area contributed by atoms with Crippen molar-refractivity contribution in [3.05, 3.63) is 28.0 Å². The van der Waals surface area contributed by atoms with Crippen molar-refractivity contribution in [2.75, 3.05) is 5.32 Å². The Balaban J connectivity index is 1.73. The predicted octanol–water partition coefficient (Wildman–Crippen LogP) is 4.98. The molecule has 0 bridgehead atoms. The Morgan fingerprint density at radius 1 is 1.20 bits per heavy atom. The third-order valence-corrected chi connectivity index (χ3v) is 5.24. The number of fused-ring (bicyclic) bond motifs is 1. The minimum atomic E-state index is -0.283. The number of hydrogen-bond donors (Lipinski definition) is 1. The van der Waals surface area contributed by atoms with Gasteiger partial charge in [0, 0.05) is 4.47 Å². The monoisotopic (exact) mass is 339 g/mol. The van der Waals surface area contributed by atoms with Crippen molar-refractivity contribution in [3.8, 4) is 0 Å². The fraction of sp³-hybridized carbons (Fsp3) is 0.562. The van der Waals surface area contributed by atoms with Crippen LogP contribution in [0.4, 0.5) is 10.1 Å². The Bertz CT molecular complexity index is 525. The molecule has 1 saturated carbocycles. The second-order valence-corrected chi connectivity index (χ2v) is 6.83. The van der Waals surface area contributed by atoms with Crippen molar-refractivity contribution in [2.24, 2.45) is 5.92 Å². The van der Waals surface area contributed by atoms with Gasteiger partial charge in [0.2, 0.25) is 5.91 Å². The van der Waals surface area contributed by atoms with Crippen LogP contribution in [0.5, 0.6) is 0 Å². The molecule has 1 heterocycles. The Morgan fingerprint density at radius 2 is 1.95 bits per heavy atom.